The van der Waals surface area contributed by atoms with Crippen molar-refractivity contribution in [3.8, 4) is 17.9 Å². The lowest BCUT2D eigenvalue weighted by Crippen LogP contribution is -2.38. The zero-order chi connectivity index (χ0) is 29.5. The number of halogens is 3. The van der Waals surface area contributed by atoms with E-state index in [0.29, 0.717) is 11.1 Å². The predicted molar refractivity (Wildman–Crippen MR) is 145 cm³/mol. The van der Waals surface area contributed by atoms with Gasteiger partial charge in [-0.25, -0.2) is 18.2 Å². The molecule has 2 aromatic rings. The van der Waals surface area contributed by atoms with Gasteiger partial charge in [0.2, 0.25) is 0 Å². The fraction of sp³-hybridized carbons (Fsp3) is 0.400. The number of amides is 2. The molecule has 2 aliphatic carbocycles. The molecule has 2 heterocycles. The first-order valence-electron chi connectivity index (χ1n) is 13.4. The highest BCUT2D eigenvalue weighted by Crippen LogP contribution is 2.50. The van der Waals surface area contributed by atoms with Gasteiger partial charge in [0.05, 0.1) is 29.5 Å². The van der Waals surface area contributed by atoms with Crippen LogP contribution in [-0.4, -0.2) is 52.0 Å². The Balaban J connectivity index is 1.48. The molecule has 1 aromatic heterocycles. The van der Waals surface area contributed by atoms with Crippen LogP contribution in [0.2, 0.25) is 0 Å². The maximum absolute atomic E-state index is 16.9. The largest absolute Gasteiger partial charge is 0.461 e. The summed E-state index contributed by atoms with van der Waals surface area (Å²) in [4.78, 5) is 33.8. The molecule has 0 bridgehead atoms. The quantitative estimate of drug-likeness (QED) is 0.492. The summed E-state index contributed by atoms with van der Waals surface area (Å²) < 4.78 is 52.4. The summed E-state index contributed by atoms with van der Waals surface area (Å²) in [6, 6.07) is 3.58. The highest BCUT2D eigenvalue weighted by Gasteiger charge is 2.43. The molecule has 1 saturated heterocycles. The molecule has 4 N–H and O–H groups in total. The van der Waals surface area contributed by atoms with Crippen LogP contribution in [-0.2, 0) is 10.5 Å². The summed E-state index contributed by atoms with van der Waals surface area (Å²) in [5.74, 6) is 2.71. The van der Waals surface area contributed by atoms with Gasteiger partial charge >= 0.3 is 6.01 Å². The molecule has 41 heavy (non-hydrogen) atoms. The Morgan fingerprint density at radius 3 is 2.71 bits per heavy atom. The molecule has 5 rings (SSSR count). The molecule has 214 valence electrons. The van der Waals surface area contributed by atoms with Gasteiger partial charge in [-0.3, -0.25) is 9.59 Å². The monoisotopic (exact) mass is 565 g/mol. The summed E-state index contributed by atoms with van der Waals surface area (Å²) in [5.41, 5.74) is 10.3. The van der Waals surface area contributed by atoms with Crippen LogP contribution < -0.4 is 16.2 Å². The molecule has 3 atom stereocenters. The topological polar surface area (TPSA) is 124 Å². The Bertz CT molecular complexity index is 1540. The number of nitrogens with two attached hydrogens (primary N) is 2. The predicted octanol–water partition coefficient (Wildman–Crippen LogP) is 3.82. The second kappa shape index (κ2) is 10.9. The van der Waals surface area contributed by atoms with Crippen LogP contribution in [0.25, 0.3) is 5.57 Å². The Hall–Kier alpha value is -4.33. The number of carbonyl (C=O) groups is 2. The second-order valence-electron chi connectivity index (χ2n) is 10.6. The Labute approximate surface area is 235 Å². The van der Waals surface area contributed by atoms with Gasteiger partial charge in [-0.15, -0.1) is 0 Å². The van der Waals surface area contributed by atoms with Crippen molar-refractivity contribution in [2.45, 2.75) is 63.3 Å². The Morgan fingerprint density at radius 2 is 2.02 bits per heavy atom. The van der Waals surface area contributed by atoms with E-state index in [0.717, 1.165) is 12.8 Å². The van der Waals surface area contributed by atoms with Crippen LogP contribution in [0.5, 0.6) is 6.01 Å². The molecule has 3 aliphatic rings. The van der Waals surface area contributed by atoms with E-state index in [1.807, 2.05) is 0 Å². The Morgan fingerprint density at radius 1 is 1.27 bits per heavy atom. The average Bonchev–Trinajstić information content (AvgIpc) is 3.72. The number of nitrogens with zero attached hydrogens (tertiary/aromatic N) is 3. The number of hydrogen-bond donors (Lipinski definition) is 2. The first-order chi connectivity index (χ1) is 19.5. The molecule has 2 fully saturated rings. The molecule has 1 unspecified atom stereocenters. The fourth-order valence-corrected chi connectivity index (χ4v) is 5.51. The van der Waals surface area contributed by atoms with Crippen molar-refractivity contribution in [3.63, 3.8) is 0 Å². The lowest BCUT2D eigenvalue weighted by atomic mass is 9.78. The van der Waals surface area contributed by atoms with Crippen molar-refractivity contribution in [1.29, 1.82) is 0 Å². The molecule has 1 aromatic carbocycles. The third-order valence-electron chi connectivity index (χ3n) is 7.79. The van der Waals surface area contributed by atoms with Crippen molar-refractivity contribution >= 4 is 17.4 Å². The molecule has 2 amide bonds. The van der Waals surface area contributed by atoms with Gasteiger partial charge in [-0.1, -0.05) is 18.1 Å². The number of hydrogen-bond acceptors (Lipinski definition) is 6. The highest BCUT2D eigenvalue weighted by atomic mass is 19.1. The smallest absolute Gasteiger partial charge is 0.316 e. The maximum Gasteiger partial charge on any atom is 0.316 e. The number of carbonyl (C=O) groups excluding carboxylic acids is 2. The molecular weight excluding hydrogens is 535 g/mol. The van der Waals surface area contributed by atoms with Gasteiger partial charge < -0.3 is 21.1 Å². The van der Waals surface area contributed by atoms with E-state index in [1.54, 1.807) is 19.1 Å². The number of likely N-dealkylation sites (tertiary alicyclic amines) is 1. The summed E-state index contributed by atoms with van der Waals surface area (Å²) in [5, 5.41) is 0. The summed E-state index contributed by atoms with van der Waals surface area (Å²) in [7, 11) is 0. The minimum Gasteiger partial charge on any atom is -0.461 e. The van der Waals surface area contributed by atoms with E-state index in [2.05, 4.69) is 21.8 Å². The van der Waals surface area contributed by atoms with E-state index in [4.69, 9.17) is 16.2 Å². The van der Waals surface area contributed by atoms with E-state index in [-0.39, 0.29) is 66.0 Å². The number of ether oxygens (including phenoxy) is 1. The molecule has 11 heteroatoms. The lowest BCUT2D eigenvalue weighted by Gasteiger charge is -2.32. The number of allylic oxidation sites excluding steroid dienone is 4. The first kappa shape index (κ1) is 28.2. The van der Waals surface area contributed by atoms with Crippen LogP contribution in [0.15, 0.2) is 41.7 Å². The third kappa shape index (κ3) is 5.26. The van der Waals surface area contributed by atoms with Gasteiger partial charge in [0.25, 0.3) is 11.8 Å². The van der Waals surface area contributed by atoms with Gasteiger partial charge in [-0.05, 0) is 61.8 Å². The highest BCUT2D eigenvalue weighted by molar-refractivity contribution is 5.96. The molecule has 1 saturated carbocycles. The summed E-state index contributed by atoms with van der Waals surface area (Å²) >= 11 is 0. The van der Waals surface area contributed by atoms with Crippen LogP contribution >= 0.6 is 0 Å². The normalized spacial score (nSPS) is 24.0. The molecule has 8 nitrogen and oxygen atoms in total. The van der Waals surface area contributed by atoms with Gasteiger partial charge in [0.1, 0.15) is 18.6 Å². The standard InChI is InChI=1S/C30H30F3N5O3/c1-3-4-23(39)38-14-18(31)13-19(38)15-41-29-36-12-10-22(37-29)30(33)11-9-16(2)24(27(30)34)25-20(17-5-6-17)7-8-21(26(25)32)28(35)40/h7-10,12,17-19H,5-6,11,13-15,34H2,1-2H3,(H2,35,40)/t18-,19+,30?/m1/s1. The third-order valence-corrected chi connectivity index (χ3v) is 7.79. The van der Waals surface area contributed by atoms with Gasteiger partial charge in [0.15, 0.2) is 5.67 Å². The second-order valence-corrected chi connectivity index (χ2v) is 10.6. The first-order valence-corrected chi connectivity index (χ1v) is 13.4. The van der Waals surface area contributed by atoms with Crippen LogP contribution in [0, 0.1) is 17.7 Å². The van der Waals surface area contributed by atoms with Crippen molar-refractivity contribution in [2.24, 2.45) is 11.5 Å². The number of rotatable bonds is 7. The van der Waals surface area contributed by atoms with Gasteiger partial charge in [0, 0.05) is 30.2 Å². The molecule has 0 radical (unpaired) electrons. The van der Waals surface area contributed by atoms with E-state index in [1.165, 1.54) is 30.2 Å². The lowest BCUT2D eigenvalue weighted by molar-refractivity contribution is -0.126. The zero-order valence-corrected chi connectivity index (χ0v) is 22.7. The van der Waals surface area contributed by atoms with Crippen molar-refractivity contribution in [2.75, 3.05) is 13.2 Å². The zero-order valence-electron chi connectivity index (χ0n) is 22.7. The number of aromatic nitrogens is 2. The van der Waals surface area contributed by atoms with Gasteiger partial charge in [-0.2, -0.15) is 4.98 Å². The van der Waals surface area contributed by atoms with Crippen molar-refractivity contribution in [3.05, 3.63) is 69.9 Å². The van der Waals surface area contributed by atoms with Crippen molar-refractivity contribution in [1.82, 2.24) is 14.9 Å². The number of benzene rings is 1. The van der Waals surface area contributed by atoms with Crippen molar-refractivity contribution < 1.29 is 27.5 Å². The average molecular weight is 566 g/mol. The number of alkyl halides is 2. The van der Waals surface area contributed by atoms with Crippen LogP contribution in [0.1, 0.15) is 72.6 Å². The minimum absolute atomic E-state index is 0.0618. The number of primary amides is 1. The molecule has 1 aliphatic heterocycles. The van der Waals surface area contributed by atoms with Crippen LogP contribution in [0.3, 0.4) is 0 Å². The molecular formula is C30H30F3N5O3. The SMILES string of the molecule is CC#CC(=O)N1C[C@H](F)C[C@H]1COc1nccc(C2(F)CC=C(C)C(c3c(C4CC4)ccc(C(N)=O)c3F)=C2N)n1. The fourth-order valence-electron chi connectivity index (χ4n) is 5.51. The molecule has 0 spiro atoms. The maximum atomic E-state index is 16.9. The summed E-state index contributed by atoms with van der Waals surface area (Å²) in [6.45, 7) is 3.01. The van der Waals surface area contributed by atoms with E-state index >= 15 is 8.78 Å². The summed E-state index contributed by atoms with van der Waals surface area (Å²) in [6.07, 6.45) is 3.26. The Kier molecular flexibility index (Phi) is 7.51. The van der Waals surface area contributed by atoms with E-state index < -0.39 is 35.5 Å². The minimum atomic E-state index is -2.35. The van der Waals surface area contributed by atoms with Crippen LogP contribution in [0.4, 0.5) is 13.2 Å². The van der Waals surface area contributed by atoms with E-state index in [9.17, 15) is 14.0 Å².